The van der Waals surface area contributed by atoms with E-state index in [9.17, 15) is 13.2 Å². The topological polar surface area (TPSA) is 66.5 Å². The predicted octanol–water partition coefficient (Wildman–Crippen LogP) is 3.73. The van der Waals surface area contributed by atoms with E-state index < -0.39 is 10.0 Å². The molecule has 0 aromatic heterocycles. The molecule has 1 N–H and O–H groups in total. The normalized spacial score (nSPS) is 19.0. The SMILES string of the molecule is CC1CCN(C(=O)c2cccc(S(=O)(=O)NCCC3=CCCCC3)c2)CC1. The number of rotatable bonds is 6. The van der Waals surface area contributed by atoms with Crippen LogP contribution < -0.4 is 4.72 Å². The van der Waals surface area contributed by atoms with E-state index in [1.165, 1.54) is 24.5 Å². The molecule has 0 radical (unpaired) electrons. The van der Waals surface area contributed by atoms with Gasteiger partial charge >= 0.3 is 0 Å². The molecule has 148 valence electrons. The second-order valence-electron chi connectivity index (χ2n) is 7.76. The van der Waals surface area contributed by atoms with Gasteiger partial charge in [-0.05, 0) is 69.1 Å². The van der Waals surface area contributed by atoms with E-state index in [1.807, 2.05) is 4.90 Å². The summed E-state index contributed by atoms with van der Waals surface area (Å²) in [5, 5.41) is 0. The third-order valence-electron chi connectivity index (χ3n) is 5.59. The van der Waals surface area contributed by atoms with Gasteiger partial charge in [-0.2, -0.15) is 0 Å². The number of allylic oxidation sites excluding steroid dienone is 1. The summed E-state index contributed by atoms with van der Waals surface area (Å²) in [6.45, 7) is 4.08. The molecule has 1 amide bonds. The van der Waals surface area contributed by atoms with Gasteiger partial charge in [-0.3, -0.25) is 4.79 Å². The molecule has 1 aromatic rings. The van der Waals surface area contributed by atoms with Gasteiger partial charge in [0.25, 0.3) is 5.91 Å². The van der Waals surface area contributed by atoms with Crippen molar-refractivity contribution in [3.63, 3.8) is 0 Å². The van der Waals surface area contributed by atoms with Gasteiger partial charge in [0.05, 0.1) is 4.90 Å². The maximum Gasteiger partial charge on any atom is 0.253 e. The molecule has 27 heavy (non-hydrogen) atoms. The van der Waals surface area contributed by atoms with Crippen LogP contribution in [0.2, 0.25) is 0 Å². The number of amides is 1. The Hall–Kier alpha value is -1.66. The van der Waals surface area contributed by atoms with Crippen LogP contribution >= 0.6 is 0 Å². The molecule has 0 bridgehead atoms. The molecule has 0 spiro atoms. The lowest BCUT2D eigenvalue weighted by molar-refractivity contribution is 0.0697. The minimum atomic E-state index is -3.60. The van der Waals surface area contributed by atoms with Gasteiger partial charge in [-0.25, -0.2) is 13.1 Å². The van der Waals surface area contributed by atoms with E-state index in [4.69, 9.17) is 0 Å². The minimum absolute atomic E-state index is 0.0775. The predicted molar refractivity (Wildman–Crippen MR) is 107 cm³/mol. The summed E-state index contributed by atoms with van der Waals surface area (Å²) in [5.74, 6) is 0.565. The van der Waals surface area contributed by atoms with Crippen molar-refractivity contribution in [1.29, 1.82) is 0 Å². The Morgan fingerprint density at radius 3 is 2.70 bits per heavy atom. The van der Waals surface area contributed by atoms with E-state index >= 15 is 0 Å². The van der Waals surface area contributed by atoms with Crippen LogP contribution in [-0.4, -0.2) is 38.9 Å². The monoisotopic (exact) mass is 390 g/mol. The van der Waals surface area contributed by atoms with Gasteiger partial charge in [0.1, 0.15) is 0 Å². The maximum absolute atomic E-state index is 12.7. The smallest absolute Gasteiger partial charge is 0.253 e. The Bertz CT molecular complexity index is 793. The van der Waals surface area contributed by atoms with Gasteiger partial charge in [-0.1, -0.05) is 24.6 Å². The first kappa shape index (κ1) is 20.1. The van der Waals surface area contributed by atoms with Crippen molar-refractivity contribution in [2.45, 2.75) is 56.8 Å². The average Bonchev–Trinajstić information content (AvgIpc) is 2.69. The quantitative estimate of drug-likeness (QED) is 0.753. The second kappa shape index (κ2) is 9.02. The van der Waals surface area contributed by atoms with Gasteiger partial charge in [0.15, 0.2) is 0 Å². The van der Waals surface area contributed by atoms with Crippen molar-refractivity contribution in [2.24, 2.45) is 5.92 Å². The van der Waals surface area contributed by atoms with E-state index in [-0.39, 0.29) is 10.8 Å². The first-order valence-electron chi connectivity index (χ1n) is 10.0. The molecule has 3 rings (SSSR count). The number of hydrogen-bond donors (Lipinski definition) is 1. The third-order valence-corrected chi connectivity index (χ3v) is 7.04. The Kier molecular flexibility index (Phi) is 6.71. The number of piperidine rings is 1. The first-order valence-corrected chi connectivity index (χ1v) is 11.5. The molecule has 6 heteroatoms. The highest BCUT2D eigenvalue weighted by molar-refractivity contribution is 7.89. The van der Waals surface area contributed by atoms with E-state index in [1.54, 1.807) is 18.2 Å². The molecule has 1 aliphatic carbocycles. The van der Waals surface area contributed by atoms with Gasteiger partial charge < -0.3 is 4.90 Å². The molecule has 1 aromatic carbocycles. The van der Waals surface area contributed by atoms with Crippen LogP contribution in [0.4, 0.5) is 0 Å². The molecule has 0 saturated carbocycles. The minimum Gasteiger partial charge on any atom is -0.339 e. The highest BCUT2D eigenvalue weighted by atomic mass is 32.2. The molecule has 1 heterocycles. The number of nitrogens with zero attached hydrogens (tertiary/aromatic N) is 1. The molecule has 1 aliphatic heterocycles. The van der Waals surface area contributed by atoms with Crippen LogP contribution in [0.25, 0.3) is 0 Å². The van der Waals surface area contributed by atoms with Crippen molar-refractivity contribution < 1.29 is 13.2 Å². The summed E-state index contributed by atoms with van der Waals surface area (Å²) in [6.07, 6.45) is 9.58. The summed E-state index contributed by atoms with van der Waals surface area (Å²) in [4.78, 5) is 14.7. The molecule has 1 fully saturated rings. The molecule has 1 saturated heterocycles. The van der Waals surface area contributed by atoms with Crippen LogP contribution in [0.5, 0.6) is 0 Å². The number of nitrogens with one attached hydrogen (secondary N) is 1. The lowest BCUT2D eigenvalue weighted by Crippen LogP contribution is -2.38. The van der Waals surface area contributed by atoms with Crippen molar-refractivity contribution in [3.05, 3.63) is 41.5 Å². The Balaban J connectivity index is 1.62. The fourth-order valence-corrected chi connectivity index (χ4v) is 4.83. The second-order valence-corrected chi connectivity index (χ2v) is 9.53. The molecule has 5 nitrogen and oxygen atoms in total. The number of carbonyl (C=O) groups excluding carboxylic acids is 1. The van der Waals surface area contributed by atoms with Crippen LogP contribution in [-0.2, 0) is 10.0 Å². The highest BCUT2D eigenvalue weighted by Crippen LogP contribution is 2.21. The Morgan fingerprint density at radius 1 is 1.22 bits per heavy atom. The summed E-state index contributed by atoms with van der Waals surface area (Å²) >= 11 is 0. The third kappa shape index (κ3) is 5.42. The first-order chi connectivity index (χ1) is 13.0. The standard InChI is InChI=1S/C21H30N2O3S/c1-17-11-14-23(15-12-17)21(24)19-8-5-9-20(16-19)27(25,26)22-13-10-18-6-3-2-4-7-18/h5-6,8-9,16-17,22H,2-4,7,10-15H2,1H3. The van der Waals surface area contributed by atoms with E-state index in [2.05, 4.69) is 17.7 Å². The van der Waals surface area contributed by atoms with E-state index in [0.29, 0.717) is 18.0 Å². The van der Waals surface area contributed by atoms with Crippen LogP contribution in [0.15, 0.2) is 40.8 Å². The lowest BCUT2D eigenvalue weighted by atomic mass is 9.97. The number of likely N-dealkylation sites (tertiary alicyclic amines) is 1. The average molecular weight is 391 g/mol. The number of sulfonamides is 1. The van der Waals surface area contributed by atoms with Crippen molar-refractivity contribution in [1.82, 2.24) is 9.62 Å². The van der Waals surface area contributed by atoms with Crippen LogP contribution in [0.3, 0.4) is 0 Å². The van der Waals surface area contributed by atoms with Crippen molar-refractivity contribution >= 4 is 15.9 Å². The number of carbonyl (C=O) groups is 1. The van der Waals surface area contributed by atoms with Gasteiger partial charge in [0, 0.05) is 25.2 Å². The van der Waals surface area contributed by atoms with Crippen molar-refractivity contribution in [2.75, 3.05) is 19.6 Å². The van der Waals surface area contributed by atoms with Crippen LogP contribution in [0.1, 0.15) is 62.2 Å². The van der Waals surface area contributed by atoms with Gasteiger partial charge in [-0.15, -0.1) is 0 Å². The molecule has 0 unspecified atom stereocenters. The molecule has 2 aliphatic rings. The van der Waals surface area contributed by atoms with Crippen LogP contribution in [0, 0.1) is 5.92 Å². The number of hydrogen-bond acceptors (Lipinski definition) is 3. The number of benzene rings is 1. The zero-order valence-electron chi connectivity index (χ0n) is 16.1. The maximum atomic E-state index is 12.7. The summed E-state index contributed by atoms with van der Waals surface area (Å²) < 4.78 is 27.9. The largest absolute Gasteiger partial charge is 0.339 e. The summed E-state index contributed by atoms with van der Waals surface area (Å²) in [5.41, 5.74) is 1.79. The van der Waals surface area contributed by atoms with Gasteiger partial charge in [0.2, 0.25) is 10.0 Å². The molecular formula is C21H30N2O3S. The zero-order valence-corrected chi connectivity index (χ0v) is 16.9. The van der Waals surface area contributed by atoms with Crippen molar-refractivity contribution in [3.8, 4) is 0 Å². The molecular weight excluding hydrogens is 360 g/mol. The lowest BCUT2D eigenvalue weighted by Gasteiger charge is -2.30. The fourth-order valence-electron chi connectivity index (χ4n) is 3.75. The highest BCUT2D eigenvalue weighted by Gasteiger charge is 2.23. The summed E-state index contributed by atoms with van der Waals surface area (Å²) in [6, 6.07) is 6.41. The Labute approximate surface area is 162 Å². The fraction of sp³-hybridized carbons (Fsp3) is 0.571. The summed E-state index contributed by atoms with van der Waals surface area (Å²) in [7, 11) is -3.60. The van der Waals surface area contributed by atoms with E-state index in [0.717, 1.165) is 45.2 Å². The Morgan fingerprint density at radius 2 is 2.00 bits per heavy atom. The zero-order chi connectivity index (χ0) is 19.3. The molecule has 0 atom stereocenters.